The molecule has 0 atom stereocenters. The average molecular weight is 323 g/mol. The maximum atomic E-state index is 12.5. The van der Waals surface area contributed by atoms with Gasteiger partial charge >= 0.3 is 0 Å². The minimum atomic E-state index is -3.39. The number of H-pyrrole nitrogens is 1. The first-order valence-electron chi connectivity index (χ1n) is 6.60. The fourth-order valence-corrected chi connectivity index (χ4v) is 2.65. The number of hydrogen-bond donors (Lipinski definition) is 2. The second-order valence-corrected chi connectivity index (χ2v) is 6.80. The van der Waals surface area contributed by atoms with E-state index in [1.807, 2.05) is 0 Å². The summed E-state index contributed by atoms with van der Waals surface area (Å²) in [6, 6.07) is 5.84. The van der Waals surface area contributed by atoms with Gasteiger partial charge in [-0.3, -0.25) is 4.79 Å². The molecule has 2 rings (SSSR count). The number of aromatic nitrogens is 2. The van der Waals surface area contributed by atoms with E-state index in [-0.39, 0.29) is 36.1 Å². The quantitative estimate of drug-likeness (QED) is 0.803. The molecule has 1 amide bonds. The van der Waals surface area contributed by atoms with Crippen LogP contribution in [0, 0.1) is 0 Å². The molecular weight excluding hydrogens is 306 g/mol. The standard InChI is InChI=1S/C14H17N3O4S/c1-22(20,21)12-4-2-3-11(9-12)14(19)17(7-8-18)10-13-15-5-6-16-13/h2-6,9,18H,7-8,10H2,1H3,(H,15,16). The minimum absolute atomic E-state index is 0.0836. The van der Waals surface area contributed by atoms with Gasteiger partial charge in [0.15, 0.2) is 9.84 Å². The molecule has 1 aromatic heterocycles. The molecule has 0 saturated heterocycles. The molecule has 8 heteroatoms. The first kappa shape index (κ1) is 16.2. The first-order valence-corrected chi connectivity index (χ1v) is 8.49. The number of nitrogens with zero attached hydrogens (tertiary/aromatic N) is 2. The van der Waals surface area contributed by atoms with Gasteiger partial charge in [-0.15, -0.1) is 0 Å². The Morgan fingerprint density at radius 1 is 1.41 bits per heavy atom. The molecule has 0 aliphatic rings. The van der Waals surface area contributed by atoms with Crippen molar-refractivity contribution >= 4 is 15.7 Å². The average Bonchev–Trinajstić information content (AvgIpc) is 2.98. The summed E-state index contributed by atoms with van der Waals surface area (Å²) in [5, 5.41) is 9.12. The Morgan fingerprint density at radius 3 is 2.77 bits per heavy atom. The molecule has 2 N–H and O–H groups in total. The molecule has 0 aliphatic carbocycles. The van der Waals surface area contributed by atoms with E-state index < -0.39 is 9.84 Å². The van der Waals surface area contributed by atoms with E-state index >= 15 is 0 Å². The topological polar surface area (TPSA) is 103 Å². The van der Waals surface area contributed by atoms with Crippen LogP contribution in [-0.2, 0) is 16.4 Å². The predicted molar refractivity (Wildman–Crippen MR) is 80.0 cm³/mol. The van der Waals surface area contributed by atoms with E-state index in [1.165, 1.54) is 23.1 Å². The summed E-state index contributed by atoms with van der Waals surface area (Å²) in [5.41, 5.74) is 0.253. The van der Waals surface area contributed by atoms with E-state index in [9.17, 15) is 13.2 Å². The van der Waals surface area contributed by atoms with Gasteiger partial charge in [-0.1, -0.05) is 6.07 Å². The molecule has 0 spiro atoms. The molecule has 0 saturated carbocycles. The van der Waals surface area contributed by atoms with Gasteiger partial charge in [0.25, 0.3) is 5.91 Å². The van der Waals surface area contributed by atoms with E-state index in [4.69, 9.17) is 5.11 Å². The summed E-state index contributed by atoms with van der Waals surface area (Å²) in [4.78, 5) is 20.9. The van der Waals surface area contributed by atoms with Crippen LogP contribution in [0.25, 0.3) is 0 Å². The van der Waals surface area contributed by atoms with Gasteiger partial charge in [0.05, 0.1) is 18.0 Å². The van der Waals surface area contributed by atoms with E-state index in [2.05, 4.69) is 9.97 Å². The van der Waals surface area contributed by atoms with Crippen LogP contribution >= 0.6 is 0 Å². The number of nitrogens with one attached hydrogen (secondary N) is 1. The zero-order valence-corrected chi connectivity index (χ0v) is 12.9. The number of imidazole rings is 1. The number of sulfone groups is 1. The van der Waals surface area contributed by atoms with Crippen LogP contribution < -0.4 is 0 Å². The van der Waals surface area contributed by atoms with Crippen LogP contribution in [0.2, 0.25) is 0 Å². The number of carbonyl (C=O) groups is 1. The molecule has 0 radical (unpaired) electrons. The lowest BCUT2D eigenvalue weighted by molar-refractivity contribution is 0.0703. The van der Waals surface area contributed by atoms with E-state index in [0.29, 0.717) is 5.82 Å². The number of rotatable bonds is 6. The van der Waals surface area contributed by atoms with Gasteiger partial charge in [-0.05, 0) is 18.2 Å². The lowest BCUT2D eigenvalue weighted by Crippen LogP contribution is -2.33. The number of hydrogen-bond acceptors (Lipinski definition) is 5. The molecule has 0 fully saturated rings. The normalized spacial score (nSPS) is 11.4. The van der Waals surface area contributed by atoms with E-state index in [0.717, 1.165) is 6.26 Å². The maximum absolute atomic E-state index is 12.5. The second kappa shape index (κ2) is 6.71. The van der Waals surface area contributed by atoms with Crippen LogP contribution in [0.4, 0.5) is 0 Å². The fraction of sp³-hybridized carbons (Fsp3) is 0.286. The van der Waals surface area contributed by atoms with Gasteiger partial charge in [-0.2, -0.15) is 0 Å². The summed E-state index contributed by atoms with van der Waals surface area (Å²) in [5.74, 6) is 0.219. The smallest absolute Gasteiger partial charge is 0.254 e. The van der Waals surface area contributed by atoms with E-state index in [1.54, 1.807) is 18.5 Å². The van der Waals surface area contributed by atoms with Crippen LogP contribution in [0.1, 0.15) is 16.2 Å². The number of carbonyl (C=O) groups excluding carboxylic acids is 1. The monoisotopic (exact) mass is 323 g/mol. The van der Waals surface area contributed by atoms with Crippen molar-refractivity contribution in [2.75, 3.05) is 19.4 Å². The third kappa shape index (κ3) is 3.92. The molecular formula is C14H17N3O4S. The molecule has 0 aliphatic heterocycles. The third-order valence-corrected chi connectivity index (χ3v) is 4.17. The summed E-state index contributed by atoms with van der Waals surface area (Å²) in [7, 11) is -3.39. The van der Waals surface area contributed by atoms with Crippen molar-refractivity contribution in [2.24, 2.45) is 0 Å². The van der Waals surface area contributed by atoms with Crippen molar-refractivity contribution in [3.05, 3.63) is 48.0 Å². The Hall–Kier alpha value is -2.19. The summed E-state index contributed by atoms with van der Waals surface area (Å²) in [6.45, 7) is 0.135. The zero-order chi connectivity index (χ0) is 16.2. The highest BCUT2D eigenvalue weighted by molar-refractivity contribution is 7.90. The van der Waals surface area contributed by atoms with Crippen LogP contribution in [-0.4, -0.2) is 53.7 Å². The highest BCUT2D eigenvalue weighted by Gasteiger charge is 2.18. The van der Waals surface area contributed by atoms with Crippen molar-refractivity contribution < 1.29 is 18.3 Å². The Balaban J connectivity index is 2.27. The molecule has 1 heterocycles. The Labute approximate surface area is 128 Å². The highest BCUT2D eigenvalue weighted by Crippen LogP contribution is 2.14. The van der Waals surface area contributed by atoms with Gasteiger partial charge in [0, 0.05) is 30.8 Å². The van der Waals surface area contributed by atoms with Gasteiger partial charge in [-0.25, -0.2) is 13.4 Å². The number of amides is 1. The molecule has 2 aromatic rings. The highest BCUT2D eigenvalue weighted by atomic mass is 32.2. The van der Waals surface area contributed by atoms with Gasteiger partial charge in [0.1, 0.15) is 5.82 Å². The van der Waals surface area contributed by atoms with Gasteiger partial charge < -0.3 is 15.0 Å². The number of aromatic amines is 1. The minimum Gasteiger partial charge on any atom is -0.395 e. The van der Waals surface area contributed by atoms with Crippen LogP contribution in [0.3, 0.4) is 0 Å². The van der Waals surface area contributed by atoms with Crippen molar-refractivity contribution in [3.8, 4) is 0 Å². The second-order valence-electron chi connectivity index (χ2n) is 4.79. The fourth-order valence-electron chi connectivity index (χ4n) is 1.98. The largest absolute Gasteiger partial charge is 0.395 e. The maximum Gasteiger partial charge on any atom is 0.254 e. The predicted octanol–water partition coefficient (Wildman–Crippen LogP) is 0.448. The summed E-state index contributed by atoms with van der Waals surface area (Å²) in [6.07, 6.45) is 4.30. The van der Waals surface area contributed by atoms with Crippen molar-refractivity contribution in [1.29, 1.82) is 0 Å². The van der Waals surface area contributed by atoms with Crippen molar-refractivity contribution in [1.82, 2.24) is 14.9 Å². The molecule has 7 nitrogen and oxygen atoms in total. The SMILES string of the molecule is CS(=O)(=O)c1cccc(C(=O)N(CCO)Cc2ncc[nH]2)c1. The van der Waals surface area contributed by atoms with Crippen LogP contribution in [0.15, 0.2) is 41.6 Å². The number of aliphatic hydroxyl groups is 1. The Kier molecular flexibility index (Phi) is 4.94. The van der Waals surface area contributed by atoms with Crippen molar-refractivity contribution in [3.63, 3.8) is 0 Å². The number of benzene rings is 1. The third-order valence-electron chi connectivity index (χ3n) is 3.06. The lowest BCUT2D eigenvalue weighted by atomic mass is 10.2. The zero-order valence-electron chi connectivity index (χ0n) is 12.1. The number of aliphatic hydroxyl groups excluding tert-OH is 1. The lowest BCUT2D eigenvalue weighted by Gasteiger charge is -2.21. The summed E-state index contributed by atoms with van der Waals surface area (Å²) >= 11 is 0. The molecule has 22 heavy (non-hydrogen) atoms. The molecule has 118 valence electrons. The molecule has 0 unspecified atom stereocenters. The van der Waals surface area contributed by atoms with Crippen LogP contribution in [0.5, 0.6) is 0 Å². The molecule has 0 bridgehead atoms. The Morgan fingerprint density at radius 2 is 2.18 bits per heavy atom. The molecule has 1 aromatic carbocycles. The Bertz CT molecular complexity index is 741. The first-order chi connectivity index (χ1) is 10.4. The van der Waals surface area contributed by atoms with Crippen molar-refractivity contribution in [2.45, 2.75) is 11.4 Å². The summed E-state index contributed by atoms with van der Waals surface area (Å²) < 4.78 is 23.2. The van der Waals surface area contributed by atoms with Gasteiger partial charge in [0.2, 0.25) is 0 Å².